The van der Waals surface area contributed by atoms with Crippen LogP contribution in [0.3, 0.4) is 0 Å². The monoisotopic (exact) mass is 261 g/mol. The summed E-state index contributed by atoms with van der Waals surface area (Å²) in [5, 5.41) is 3.12. The van der Waals surface area contributed by atoms with Crippen LogP contribution in [0, 0.1) is 5.92 Å². The summed E-state index contributed by atoms with van der Waals surface area (Å²) < 4.78 is -0.440. The van der Waals surface area contributed by atoms with Crippen LogP contribution >= 0.6 is 15.9 Å². The van der Waals surface area contributed by atoms with Gasteiger partial charge in [0.25, 0.3) is 0 Å². The number of hydrogen-bond donors (Lipinski definition) is 1. The molecular weight excluding hydrogens is 242 g/mol. The van der Waals surface area contributed by atoms with Gasteiger partial charge in [0.15, 0.2) is 0 Å². The van der Waals surface area contributed by atoms with Crippen LogP contribution in [-0.2, 0) is 4.79 Å². The summed E-state index contributed by atoms with van der Waals surface area (Å²) in [4.78, 5) is 11.7. The molecule has 0 spiro atoms. The van der Waals surface area contributed by atoms with Gasteiger partial charge in [0.1, 0.15) is 0 Å². The molecule has 1 rings (SSSR count). The number of alkyl halides is 1. The van der Waals surface area contributed by atoms with Gasteiger partial charge in [-0.15, -0.1) is 0 Å². The molecular formula is C11H20BrNO. The number of hydrogen-bond acceptors (Lipinski definition) is 1. The summed E-state index contributed by atoms with van der Waals surface area (Å²) in [6, 6.07) is 0.382. The summed E-state index contributed by atoms with van der Waals surface area (Å²) in [6.45, 7) is 6.00. The van der Waals surface area contributed by atoms with Crippen molar-refractivity contribution in [1.29, 1.82) is 0 Å². The summed E-state index contributed by atoms with van der Waals surface area (Å²) in [5.41, 5.74) is 0. The number of carbonyl (C=O) groups is 1. The first-order valence-corrected chi connectivity index (χ1v) is 6.20. The molecule has 0 aromatic rings. The standard InChI is InChI=1S/C11H20BrNO/c1-8-6-4-5-7-9(8)13-10(14)11(2,3)12/h8-9H,4-7H2,1-3H3,(H,13,14). The van der Waals surface area contributed by atoms with E-state index in [0.29, 0.717) is 12.0 Å². The van der Waals surface area contributed by atoms with Crippen molar-refractivity contribution in [2.75, 3.05) is 0 Å². The zero-order valence-corrected chi connectivity index (χ0v) is 10.9. The Kier molecular flexibility index (Phi) is 3.99. The molecule has 2 unspecified atom stereocenters. The lowest BCUT2D eigenvalue weighted by molar-refractivity contribution is -0.123. The first-order chi connectivity index (χ1) is 6.41. The molecule has 0 bridgehead atoms. The third-order valence-corrected chi connectivity index (χ3v) is 3.33. The lowest BCUT2D eigenvalue weighted by Crippen LogP contribution is -2.47. The maximum absolute atomic E-state index is 11.7. The van der Waals surface area contributed by atoms with Crippen LogP contribution in [-0.4, -0.2) is 16.3 Å². The van der Waals surface area contributed by atoms with Crippen molar-refractivity contribution >= 4 is 21.8 Å². The molecule has 1 N–H and O–H groups in total. The molecule has 0 aromatic heterocycles. The van der Waals surface area contributed by atoms with Crippen molar-refractivity contribution < 1.29 is 4.79 Å². The zero-order valence-electron chi connectivity index (χ0n) is 9.27. The van der Waals surface area contributed by atoms with E-state index in [-0.39, 0.29) is 5.91 Å². The van der Waals surface area contributed by atoms with Crippen molar-refractivity contribution in [3.63, 3.8) is 0 Å². The average Bonchev–Trinajstić information content (AvgIpc) is 2.07. The predicted molar refractivity (Wildman–Crippen MR) is 62.6 cm³/mol. The van der Waals surface area contributed by atoms with Gasteiger partial charge in [-0.3, -0.25) is 4.79 Å². The molecule has 1 aliphatic rings. The summed E-state index contributed by atoms with van der Waals surface area (Å²) in [6.07, 6.45) is 4.94. The Morgan fingerprint density at radius 2 is 1.93 bits per heavy atom. The Morgan fingerprint density at radius 1 is 1.36 bits per heavy atom. The van der Waals surface area contributed by atoms with Gasteiger partial charge in [-0.05, 0) is 32.6 Å². The Hall–Kier alpha value is -0.0500. The summed E-state index contributed by atoms with van der Waals surface area (Å²) in [5.74, 6) is 0.735. The van der Waals surface area contributed by atoms with Gasteiger partial charge >= 0.3 is 0 Å². The highest BCUT2D eigenvalue weighted by Gasteiger charge is 2.29. The molecule has 14 heavy (non-hydrogen) atoms. The van der Waals surface area contributed by atoms with E-state index in [1.807, 2.05) is 13.8 Å². The maximum atomic E-state index is 11.7. The van der Waals surface area contributed by atoms with Crippen LogP contribution in [0.25, 0.3) is 0 Å². The SMILES string of the molecule is CC1CCCCC1NC(=O)C(C)(C)Br. The van der Waals surface area contributed by atoms with E-state index in [1.54, 1.807) is 0 Å². The van der Waals surface area contributed by atoms with Crippen LogP contribution in [0.1, 0.15) is 46.5 Å². The number of nitrogens with one attached hydrogen (secondary N) is 1. The van der Waals surface area contributed by atoms with Crippen molar-refractivity contribution in [3.8, 4) is 0 Å². The largest absolute Gasteiger partial charge is 0.352 e. The average molecular weight is 262 g/mol. The minimum atomic E-state index is -0.440. The molecule has 3 heteroatoms. The minimum Gasteiger partial charge on any atom is -0.352 e. The van der Waals surface area contributed by atoms with Crippen LogP contribution in [0.2, 0.25) is 0 Å². The highest BCUT2D eigenvalue weighted by molar-refractivity contribution is 9.10. The van der Waals surface area contributed by atoms with Crippen LogP contribution in [0.5, 0.6) is 0 Å². The fraction of sp³-hybridized carbons (Fsp3) is 0.909. The molecule has 0 aromatic carbocycles. The van der Waals surface area contributed by atoms with E-state index in [9.17, 15) is 4.79 Å². The number of rotatable bonds is 2. The summed E-state index contributed by atoms with van der Waals surface area (Å²) in [7, 11) is 0. The topological polar surface area (TPSA) is 29.1 Å². The van der Waals surface area contributed by atoms with Gasteiger partial charge in [0, 0.05) is 6.04 Å². The molecule has 0 saturated heterocycles. The molecule has 82 valence electrons. The van der Waals surface area contributed by atoms with Gasteiger partial charge < -0.3 is 5.32 Å². The Balaban J connectivity index is 2.46. The van der Waals surface area contributed by atoms with Crippen LogP contribution < -0.4 is 5.32 Å². The van der Waals surface area contributed by atoms with Gasteiger partial charge in [-0.1, -0.05) is 35.7 Å². The third-order valence-electron chi connectivity index (χ3n) is 2.97. The minimum absolute atomic E-state index is 0.108. The lowest BCUT2D eigenvalue weighted by Gasteiger charge is -2.31. The second-order valence-corrected chi connectivity index (χ2v) is 6.80. The van der Waals surface area contributed by atoms with Gasteiger partial charge in [-0.2, -0.15) is 0 Å². The van der Waals surface area contributed by atoms with E-state index in [0.717, 1.165) is 6.42 Å². The number of halogens is 1. The fourth-order valence-corrected chi connectivity index (χ4v) is 1.99. The molecule has 1 aliphatic carbocycles. The first-order valence-electron chi connectivity index (χ1n) is 5.41. The van der Waals surface area contributed by atoms with E-state index in [2.05, 4.69) is 28.2 Å². The molecule has 0 radical (unpaired) electrons. The Morgan fingerprint density at radius 3 is 2.43 bits per heavy atom. The van der Waals surface area contributed by atoms with Gasteiger partial charge in [0.05, 0.1) is 4.32 Å². The Labute approximate surface area is 95.0 Å². The van der Waals surface area contributed by atoms with Crippen molar-refractivity contribution in [2.45, 2.75) is 56.8 Å². The molecule has 2 atom stereocenters. The van der Waals surface area contributed by atoms with Crippen molar-refractivity contribution in [2.24, 2.45) is 5.92 Å². The van der Waals surface area contributed by atoms with E-state index < -0.39 is 4.32 Å². The number of carbonyl (C=O) groups excluding carboxylic acids is 1. The number of amides is 1. The highest BCUT2D eigenvalue weighted by atomic mass is 79.9. The van der Waals surface area contributed by atoms with Crippen molar-refractivity contribution in [3.05, 3.63) is 0 Å². The van der Waals surface area contributed by atoms with Crippen LogP contribution in [0.4, 0.5) is 0 Å². The fourth-order valence-electron chi connectivity index (χ4n) is 1.87. The molecule has 0 heterocycles. The highest BCUT2D eigenvalue weighted by Crippen LogP contribution is 2.25. The zero-order chi connectivity index (χ0) is 10.8. The van der Waals surface area contributed by atoms with E-state index in [1.165, 1.54) is 19.3 Å². The van der Waals surface area contributed by atoms with Crippen molar-refractivity contribution in [1.82, 2.24) is 5.32 Å². The van der Waals surface area contributed by atoms with E-state index in [4.69, 9.17) is 0 Å². The lowest BCUT2D eigenvalue weighted by atomic mass is 9.86. The molecule has 1 saturated carbocycles. The molecule has 2 nitrogen and oxygen atoms in total. The predicted octanol–water partition coefficient (Wildman–Crippen LogP) is 2.85. The smallest absolute Gasteiger partial charge is 0.236 e. The molecule has 1 amide bonds. The first kappa shape index (κ1) is 12.0. The quantitative estimate of drug-likeness (QED) is 0.762. The second-order valence-electron chi connectivity index (χ2n) is 4.81. The van der Waals surface area contributed by atoms with Gasteiger partial charge in [-0.25, -0.2) is 0 Å². The molecule has 1 fully saturated rings. The Bertz CT molecular complexity index is 210. The normalized spacial score (nSPS) is 28.6. The third kappa shape index (κ3) is 3.26. The van der Waals surface area contributed by atoms with E-state index >= 15 is 0 Å². The molecule has 0 aliphatic heterocycles. The summed E-state index contributed by atoms with van der Waals surface area (Å²) >= 11 is 3.38. The van der Waals surface area contributed by atoms with Crippen LogP contribution in [0.15, 0.2) is 0 Å². The maximum Gasteiger partial charge on any atom is 0.236 e. The van der Waals surface area contributed by atoms with Gasteiger partial charge in [0.2, 0.25) is 5.91 Å². The second kappa shape index (κ2) is 4.65.